The van der Waals surface area contributed by atoms with Crippen LogP contribution in [0, 0.1) is 5.92 Å². The molecule has 8 heteroatoms. The first kappa shape index (κ1) is 23.9. The summed E-state index contributed by atoms with van der Waals surface area (Å²) >= 11 is 1.24. The van der Waals surface area contributed by atoms with Gasteiger partial charge < -0.3 is 15.4 Å². The number of nitrogens with one attached hydrogen (secondary N) is 2. The monoisotopic (exact) mass is 479 g/mol. The van der Waals surface area contributed by atoms with Crippen LogP contribution < -0.4 is 15.4 Å². The lowest BCUT2D eigenvalue weighted by atomic mass is 10.1. The highest BCUT2D eigenvalue weighted by molar-refractivity contribution is 8.04. The summed E-state index contributed by atoms with van der Waals surface area (Å²) in [6, 6.07) is 14.3. The van der Waals surface area contributed by atoms with Crippen LogP contribution in [0.15, 0.2) is 64.0 Å². The number of hydrogen-bond donors (Lipinski definition) is 2. The quantitative estimate of drug-likeness (QED) is 0.517. The molecule has 2 aliphatic rings. The number of thioether (sulfide) groups is 1. The van der Waals surface area contributed by atoms with Crippen LogP contribution in [-0.4, -0.2) is 35.8 Å². The molecule has 1 saturated carbocycles. The second-order valence-electron chi connectivity index (χ2n) is 8.73. The molecule has 1 heterocycles. The van der Waals surface area contributed by atoms with Crippen LogP contribution in [-0.2, 0) is 14.4 Å². The number of carbonyl (C=O) groups is 3. The summed E-state index contributed by atoms with van der Waals surface area (Å²) in [5.41, 5.74) is 1.67. The first-order valence-electron chi connectivity index (χ1n) is 11.5. The Hall–Kier alpha value is -3.26. The molecule has 0 atom stereocenters. The summed E-state index contributed by atoms with van der Waals surface area (Å²) in [5.74, 6) is 0.191. The van der Waals surface area contributed by atoms with E-state index < -0.39 is 0 Å². The maximum atomic E-state index is 13.1. The van der Waals surface area contributed by atoms with Gasteiger partial charge in [-0.2, -0.15) is 0 Å². The van der Waals surface area contributed by atoms with E-state index in [1.54, 1.807) is 31.4 Å². The van der Waals surface area contributed by atoms with Gasteiger partial charge in [-0.05, 0) is 75.2 Å². The predicted molar refractivity (Wildman–Crippen MR) is 134 cm³/mol. The van der Waals surface area contributed by atoms with Crippen LogP contribution in [0.3, 0.4) is 0 Å². The molecule has 0 aromatic heterocycles. The molecule has 2 aromatic rings. The van der Waals surface area contributed by atoms with Crippen LogP contribution in [0.1, 0.15) is 39.5 Å². The topological polar surface area (TPSA) is 87.7 Å². The van der Waals surface area contributed by atoms with Crippen LogP contribution in [0.5, 0.6) is 5.75 Å². The van der Waals surface area contributed by atoms with Gasteiger partial charge in [-0.3, -0.25) is 19.3 Å². The van der Waals surface area contributed by atoms with Crippen molar-refractivity contribution in [2.45, 2.75) is 50.5 Å². The van der Waals surface area contributed by atoms with Gasteiger partial charge in [0.2, 0.25) is 5.91 Å². The Bertz CT molecular complexity index is 1100. The van der Waals surface area contributed by atoms with E-state index in [4.69, 9.17) is 4.74 Å². The van der Waals surface area contributed by atoms with E-state index >= 15 is 0 Å². The number of anilines is 2. The zero-order valence-electron chi connectivity index (χ0n) is 19.6. The largest absolute Gasteiger partial charge is 0.497 e. The van der Waals surface area contributed by atoms with Crippen molar-refractivity contribution in [3.05, 3.63) is 59.1 Å². The Balaban J connectivity index is 1.53. The maximum absolute atomic E-state index is 13.1. The Morgan fingerprint density at radius 2 is 1.59 bits per heavy atom. The van der Waals surface area contributed by atoms with E-state index in [0.29, 0.717) is 16.3 Å². The molecule has 178 valence electrons. The summed E-state index contributed by atoms with van der Waals surface area (Å²) in [6.07, 6.45) is 4.10. The van der Waals surface area contributed by atoms with Gasteiger partial charge in [-0.1, -0.05) is 24.6 Å². The Morgan fingerprint density at radius 1 is 0.971 bits per heavy atom. The lowest BCUT2D eigenvalue weighted by Gasteiger charge is -2.19. The van der Waals surface area contributed by atoms with Crippen molar-refractivity contribution in [2.75, 3.05) is 17.7 Å². The number of nitrogens with zero attached hydrogens (tertiary/aromatic N) is 1. The van der Waals surface area contributed by atoms with E-state index in [1.807, 2.05) is 38.1 Å². The molecule has 0 spiro atoms. The molecule has 1 fully saturated rings. The van der Waals surface area contributed by atoms with E-state index in [1.165, 1.54) is 16.7 Å². The third kappa shape index (κ3) is 5.12. The van der Waals surface area contributed by atoms with E-state index in [2.05, 4.69) is 10.6 Å². The van der Waals surface area contributed by atoms with Gasteiger partial charge in [0.25, 0.3) is 11.8 Å². The summed E-state index contributed by atoms with van der Waals surface area (Å²) in [4.78, 5) is 41.0. The predicted octanol–water partition coefficient (Wildman–Crippen LogP) is 5.02. The number of imide groups is 1. The Morgan fingerprint density at radius 3 is 2.18 bits per heavy atom. The van der Waals surface area contributed by atoms with Crippen molar-refractivity contribution in [2.24, 2.45) is 5.92 Å². The standard InChI is InChI=1S/C26H29N3O4S/c1-16(2)29-25(31)22(27-18-8-12-20(33-3)13-9-18)23(26(29)32)34-21-14-10-19(11-15-21)28-24(30)17-6-4-5-7-17/h8-17,27H,4-7H2,1-3H3,(H,28,30). The first-order valence-corrected chi connectivity index (χ1v) is 12.3. The zero-order valence-corrected chi connectivity index (χ0v) is 20.4. The van der Waals surface area contributed by atoms with Gasteiger partial charge in [-0.25, -0.2) is 0 Å². The summed E-state index contributed by atoms with van der Waals surface area (Å²) < 4.78 is 5.19. The van der Waals surface area contributed by atoms with E-state index in [0.717, 1.165) is 36.3 Å². The van der Waals surface area contributed by atoms with Gasteiger partial charge in [0, 0.05) is 28.2 Å². The fourth-order valence-corrected chi connectivity index (χ4v) is 5.11. The van der Waals surface area contributed by atoms with Crippen LogP contribution in [0.25, 0.3) is 0 Å². The molecule has 0 bridgehead atoms. The van der Waals surface area contributed by atoms with E-state index in [-0.39, 0.29) is 35.4 Å². The molecular weight excluding hydrogens is 450 g/mol. The van der Waals surface area contributed by atoms with Gasteiger partial charge >= 0.3 is 0 Å². The average Bonchev–Trinajstić information content (AvgIpc) is 3.44. The van der Waals surface area contributed by atoms with Crippen LogP contribution in [0.2, 0.25) is 0 Å². The van der Waals surface area contributed by atoms with Crippen LogP contribution in [0.4, 0.5) is 11.4 Å². The van der Waals surface area contributed by atoms with E-state index in [9.17, 15) is 14.4 Å². The Labute approximate surface area is 203 Å². The highest BCUT2D eigenvalue weighted by Gasteiger charge is 2.40. The molecular formula is C26H29N3O4S. The van der Waals surface area contributed by atoms with Gasteiger partial charge in [0.15, 0.2) is 0 Å². The molecule has 3 amide bonds. The lowest BCUT2D eigenvalue weighted by Crippen LogP contribution is -2.38. The second kappa shape index (κ2) is 10.3. The third-order valence-corrected chi connectivity index (χ3v) is 7.11. The minimum absolute atomic E-state index is 0.0655. The average molecular weight is 480 g/mol. The zero-order chi connectivity index (χ0) is 24.2. The maximum Gasteiger partial charge on any atom is 0.278 e. The first-order chi connectivity index (χ1) is 16.4. The highest BCUT2D eigenvalue weighted by Crippen LogP contribution is 2.37. The number of amides is 3. The van der Waals surface area contributed by atoms with Crippen molar-refractivity contribution in [1.29, 1.82) is 0 Å². The van der Waals surface area contributed by atoms with Crippen molar-refractivity contribution in [3.8, 4) is 5.75 Å². The summed E-state index contributed by atoms with van der Waals surface area (Å²) in [6.45, 7) is 3.63. The highest BCUT2D eigenvalue weighted by atomic mass is 32.2. The molecule has 0 radical (unpaired) electrons. The molecule has 34 heavy (non-hydrogen) atoms. The van der Waals surface area contributed by atoms with Gasteiger partial charge in [0.05, 0.1) is 7.11 Å². The Kier molecular flexibility index (Phi) is 7.26. The minimum atomic E-state index is -0.348. The number of carbonyl (C=O) groups excluding carboxylic acids is 3. The molecule has 1 aliphatic heterocycles. The van der Waals surface area contributed by atoms with Gasteiger partial charge in [-0.15, -0.1) is 0 Å². The third-order valence-electron chi connectivity index (χ3n) is 6.02. The van der Waals surface area contributed by atoms with Crippen molar-refractivity contribution >= 4 is 40.9 Å². The second-order valence-corrected chi connectivity index (χ2v) is 9.81. The van der Waals surface area contributed by atoms with Crippen molar-refractivity contribution < 1.29 is 19.1 Å². The van der Waals surface area contributed by atoms with Crippen molar-refractivity contribution in [1.82, 2.24) is 4.90 Å². The van der Waals surface area contributed by atoms with Gasteiger partial charge in [0.1, 0.15) is 16.4 Å². The molecule has 0 unspecified atom stereocenters. The fourth-order valence-electron chi connectivity index (χ4n) is 4.18. The summed E-state index contributed by atoms with van der Waals surface area (Å²) in [5, 5.41) is 6.11. The smallest absolute Gasteiger partial charge is 0.278 e. The molecule has 0 saturated heterocycles. The molecule has 1 aliphatic carbocycles. The number of benzene rings is 2. The minimum Gasteiger partial charge on any atom is -0.497 e. The molecule has 4 rings (SSSR count). The number of hydrogen-bond acceptors (Lipinski definition) is 6. The number of rotatable bonds is 8. The van der Waals surface area contributed by atoms with Crippen LogP contribution >= 0.6 is 11.8 Å². The normalized spacial score (nSPS) is 16.5. The molecule has 2 aromatic carbocycles. The number of ether oxygens (including phenoxy) is 1. The molecule has 2 N–H and O–H groups in total. The summed E-state index contributed by atoms with van der Waals surface area (Å²) in [7, 11) is 1.59. The van der Waals surface area contributed by atoms with Crippen molar-refractivity contribution in [3.63, 3.8) is 0 Å². The SMILES string of the molecule is COc1ccc(NC2=C(Sc3ccc(NC(=O)C4CCCC4)cc3)C(=O)N(C(C)C)C2=O)cc1. The lowest BCUT2D eigenvalue weighted by molar-refractivity contribution is -0.139. The molecule has 7 nitrogen and oxygen atoms in total. The fraction of sp³-hybridized carbons (Fsp3) is 0.346. The number of methoxy groups -OCH3 is 1.